The molecule has 1 aliphatic carbocycles. The molecule has 4 rings (SSSR count). The molecule has 172 valence electrons. The van der Waals surface area contributed by atoms with E-state index in [0.717, 1.165) is 36.1 Å². The number of sulfonamides is 1. The normalized spacial score (nSPS) is 16.9. The van der Waals surface area contributed by atoms with Crippen LogP contribution in [0.4, 0.5) is 5.00 Å². The third kappa shape index (κ3) is 4.59. The van der Waals surface area contributed by atoms with Gasteiger partial charge in [0.1, 0.15) is 5.00 Å². The quantitative estimate of drug-likeness (QED) is 0.640. The molecule has 1 fully saturated rings. The first-order valence-electron chi connectivity index (χ1n) is 10.7. The van der Waals surface area contributed by atoms with Gasteiger partial charge in [-0.15, -0.1) is 11.3 Å². The number of carbonyl (C=O) groups is 2. The van der Waals surface area contributed by atoms with Crippen molar-refractivity contribution in [1.82, 2.24) is 4.31 Å². The second-order valence-corrected chi connectivity index (χ2v) is 10.7. The summed E-state index contributed by atoms with van der Waals surface area (Å²) in [5, 5.41) is 3.34. The van der Waals surface area contributed by atoms with Crippen LogP contribution in [0.2, 0.25) is 0 Å². The van der Waals surface area contributed by atoms with Crippen LogP contribution in [0, 0.1) is 0 Å². The van der Waals surface area contributed by atoms with Gasteiger partial charge in [-0.05, 0) is 62.4 Å². The van der Waals surface area contributed by atoms with Crippen molar-refractivity contribution < 1.29 is 27.5 Å². The number of morpholine rings is 1. The van der Waals surface area contributed by atoms with Crippen molar-refractivity contribution in [2.45, 2.75) is 37.5 Å². The maximum Gasteiger partial charge on any atom is 0.341 e. The summed E-state index contributed by atoms with van der Waals surface area (Å²) in [6.07, 6.45) is 3.74. The van der Waals surface area contributed by atoms with E-state index in [1.54, 1.807) is 6.92 Å². The number of esters is 1. The molecule has 32 heavy (non-hydrogen) atoms. The average molecular weight is 479 g/mol. The zero-order valence-corrected chi connectivity index (χ0v) is 19.5. The molecular formula is C22H26N2O6S2. The lowest BCUT2D eigenvalue weighted by Gasteiger charge is -2.26. The van der Waals surface area contributed by atoms with Crippen molar-refractivity contribution in [3.8, 4) is 0 Å². The van der Waals surface area contributed by atoms with Crippen molar-refractivity contribution in [2.75, 3.05) is 38.2 Å². The van der Waals surface area contributed by atoms with Crippen LogP contribution in [0.5, 0.6) is 0 Å². The Morgan fingerprint density at radius 2 is 1.81 bits per heavy atom. The summed E-state index contributed by atoms with van der Waals surface area (Å²) in [5.41, 5.74) is 1.74. The molecule has 2 aliphatic rings. The van der Waals surface area contributed by atoms with Crippen LogP contribution in [-0.2, 0) is 32.3 Å². The van der Waals surface area contributed by atoms with E-state index in [1.165, 1.54) is 39.9 Å². The predicted octanol–water partition coefficient (Wildman–Crippen LogP) is 3.08. The largest absolute Gasteiger partial charge is 0.462 e. The highest BCUT2D eigenvalue weighted by Crippen LogP contribution is 2.38. The SMILES string of the molecule is CCOC(=O)c1c(NC(=O)c2ccc(S(=O)(=O)N3CCOCC3)cc2)sc2c1CCCC2. The number of rotatable bonds is 6. The van der Waals surface area contributed by atoms with Crippen LogP contribution in [0.25, 0.3) is 0 Å². The Balaban J connectivity index is 1.54. The van der Waals surface area contributed by atoms with Crippen molar-refractivity contribution >= 4 is 38.2 Å². The Labute approximate surface area is 191 Å². The number of amides is 1. The minimum absolute atomic E-state index is 0.134. The van der Waals surface area contributed by atoms with Crippen molar-refractivity contribution in [1.29, 1.82) is 0 Å². The topological polar surface area (TPSA) is 102 Å². The highest BCUT2D eigenvalue weighted by molar-refractivity contribution is 7.89. The summed E-state index contributed by atoms with van der Waals surface area (Å²) in [6.45, 7) is 3.37. The standard InChI is InChI=1S/C22H26N2O6S2/c1-2-30-22(26)19-17-5-3-4-6-18(17)31-21(19)23-20(25)15-7-9-16(10-8-15)32(27,28)24-11-13-29-14-12-24/h7-10H,2-6,11-14H2,1H3,(H,23,25). The number of anilines is 1. The van der Waals surface area contributed by atoms with Crippen molar-refractivity contribution in [3.05, 3.63) is 45.8 Å². The fourth-order valence-electron chi connectivity index (χ4n) is 3.96. The van der Waals surface area contributed by atoms with Gasteiger partial charge in [0.25, 0.3) is 5.91 Å². The highest BCUT2D eigenvalue weighted by Gasteiger charge is 2.28. The highest BCUT2D eigenvalue weighted by atomic mass is 32.2. The van der Waals surface area contributed by atoms with Gasteiger partial charge < -0.3 is 14.8 Å². The van der Waals surface area contributed by atoms with Gasteiger partial charge in [0.2, 0.25) is 10.0 Å². The summed E-state index contributed by atoms with van der Waals surface area (Å²) < 4.78 is 37.4. The van der Waals surface area contributed by atoms with Gasteiger partial charge in [-0.1, -0.05) is 0 Å². The van der Waals surface area contributed by atoms with Crippen LogP contribution in [0.3, 0.4) is 0 Å². The molecule has 1 amide bonds. The summed E-state index contributed by atoms with van der Waals surface area (Å²) in [7, 11) is -3.63. The first-order valence-corrected chi connectivity index (χ1v) is 13.0. The number of hydrogen-bond acceptors (Lipinski definition) is 7. The van der Waals surface area contributed by atoms with E-state index in [1.807, 2.05) is 0 Å². The maximum absolute atomic E-state index is 12.9. The molecular weight excluding hydrogens is 452 g/mol. The lowest BCUT2D eigenvalue weighted by Crippen LogP contribution is -2.40. The minimum atomic E-state index is -3.63. The van der Waals surface area contributed by atoms with Gasteiger partial charge >= 0.3 is 5.97 Å². The molecule has 0 spiro atoms. The van der Waals surface area contributed by atoms with E-state index in [9.17, 15) is 18.0 Å². The lowest BCUT2D eigenvalue weighted by molar-refractivity contribution is 0.0526. The third-order valence-corrected chi connectivity index (χ3v) is 8.72. The number of aryl methyl sites for hydroxylation is 1. The molecule has 1 aromatic carbocycles. The zero-order chi connectivity index (χ0) is 22.7. The van der Waals surface area contributed by atoms with Gasteiger partial charge in [-0.2, -0.15) is 4.31 Å². The van der Waals surface area contributed by atoms with Crippen molar-refractivity contribution in [2.24, 2.45) is 0 Å². The summed E-state index contributed by atoms with van der Waals surface area (Å²) in [5.74, 6) is -0.821. The van der Waals surface area contributed by atoms with E-state index in [0.29, 0.717) is 42.4 Å². The summed E-state index contributed by atoms with van der Waals surface area (Å²) in [4.78, 5) is 26.7. The molecule has 1 N–H and O–H groups in total. The fraction of sp³-hybridized carbons (Fsp3) is 0.455. The van der Waals surface area contributed by atoms with Crippen LogP contribution in [0.15, 0.2) is 29.2 Å². The lowest BCUT2D eigenvalue weighted by atomic mass is 9.95. The summed E-state index contributed by atoms with van der Waals surface area (Å²) in [6, 6.07) is 5.84. The molecule has 0 radical (unpaired) electrons. The van der Waals surface area contributed by atoms with Gasteiger partial charge in [0.05, 0.1) is 30.3 Å². The number of nitrogens with one attached hydrogen (secondary N) is 1. The Bertz CT molecular complexity index is 1100. The smallest absolute Gasteiger partial charge is 0.341 e. The Morgan fingerprint density at radius 3 is 2.50 bits per heavy atom. The first kappa shape index (κ1) is 22.9. The molecule has 0 bridgehead atoms. The molecule has 1 aliphatic heterocycles. The number of ether oxygens (including phenoxy) is 2. The summed E-state index contributed by atoms with van der Waals surface area (Å²) >= 11 is 1.42. The van der Waals surface area contributed by atoms with E-state index >= 15 is 0 Å². The van der Waals surface area contributed by atoms with Crippen LogP contribution in [0.1, 0.15) is 50.9 Å². The molecule has 1 aromatic heterocycles. The first-order chi connectivity index (χ1) is 15.4. The van der Waals surface area contributed by atoms with Crippen molar-refractivity contribution in [3.63, 3.8) is 0 Å². The molecule has 2 aromatic rings. The zero-order valence-electron chi connectivity index (χ0n) is 17.9. The Kier molecular flexibility index (Phi) is 6.94. The maximum atomic E-state index is 12.9. The molecule has 2 heterocycles. The number of fused-ring (bicyclic) bond motifs is 1. The number of nitrogens with zero attached hydrogens (tertiary/aromatic N) is 1. The number of hydrogen-bond donors (Lipinski definition) is 1. The third-order valence-electron chi connectivity index (χ3n) is 5.60. The van der Waals surface area contributed by atoms with E-state index < -0.39 is 21.9 Å². The van der Waals surface area contributed by atoms with E-state index in [-0.39, 0.29) is 11.5 Å². The number of carbonyl (C=O) groups excluding carboxylic acids is 2. The molecule has 0 saturated carbocycles. The second kappa shape index (κ2) is 9.70. The predicted molar refractivity (Wildman–Crippen MR) is 121 cm³/mol. The van der Waals surface area contributed by atoms with E-state index in [2.05, 4.69) is 5.32 Å². The average Bonchev–Trinajstić information content (AvgIpc) is 3.17. The molecule has 10 heteroatoms. The monoisotopic (exact) mass is 478 g/mol. The van der Waals surface area contributed by atoms with E-state index in [4.69, 9.17) is 9.47 Å². The fourth-order valence-corrected chi connectivity index (χ4v) is 6.64. The number of thiophene rings is 1. The van der Waals surface area contributed by atoms with Gasteiger partial charge in [0.15, 0.2) is 0 Å². The molecule has 1 saturated heterocycles. The minimum Gasteiger partial charge on any atom is -0.462 e. The Morgan fingerprint density at radius 1 is 1.12 bits per heavy atom. The Hall–Kier alpha value is -2.27. The van der Waals surface area contributed by atoms with Crippen LogP contribution < -0.4 is 5.32 Å². The molecule has 8 nitrogen and oxygen atoms in total. The van der Waals surface area contributed by atoms with Crippen LogP contribution in [-0.4, -0.2) is 57.5 Å². The molecule has 0 atom stereocenters. The second-order valence-electron chi connectivity index (χ2n) is 7.63. The number of benzene rings is 1. The van der Waals surface area contributed by atoms with Gasteiger partial charge in [0, 0.05) is 23.5 Å². The van der Waals surface area contributed by atoms with Gasteiger partial charge in [-0.25, -0.2) is 13.2 Å². The van der Waals surface area contributed by atoms with Gasteiger partial charge in [-0.3, -0.25) is 4.79 Å². The molecule has 0 unspecified atom stereocenters. The van der Waals surface area contributed by atoms with Crippen LogP contribution >= 0.6 is 11.3 Å².